The number of aromatic nitrogens is 3. The third-order valence-electron chi connectivity index (χ3n) is 6.24. The van der Waals surface area contributed by atoms with Gasteiger partial charge in [0.15, 0.2) is 11.5 Å². The average Bonchev–Trinajstić information content (AvgIpc) is 3.50. The van der Waals surface area contributed by atoms with Gasteiger partial charge in [-0.3, -0.25) is 0 Å². The lowest BCUT2D eigenvalue weighted by atomic mass is 10.0. The number of para-hydroxylation sites is 1. The van der Waals surface area contributed by atoms with Gasteiger partial charge in [0.25, 0.3) is 0 Å². The SMILES string of the molecule is CCOC(=O)c1c(-c2ccc3nsnc3c2)c2cc(OC)c(OC(C)C)cc2n1Cc1ccccc1OC. The number of carbonyl (C=O) groups excluding carboxylic acids is 1. The van der Waals surface area contributed by atoms with Gasteiger partial charge in [-0.2, -0.15) is 8.75 Å². The molecular weight excluding hydrogens is 502 g/mol. The highest BCUT2D eigenvalue weighted by molar-refractivity contribution is 7.00. The number of esters is 1. The zero-order chi connectivity index (χ0) is 26.8. The van der Waals surface area contributed by atoms with Crippen molar-refractivity contribution in [2.45, 2.75) is 33.4 Å². The van der Waals surface area contributed by atoms with Crippen molar-refractivity contribution in [1.82, 2.24) is 13.3 Å². The highest BCUT2D eigenvalue weighted by atomic mass is 32.1. The van der Waals surface area contributed by atoms with Crippen molar-refractivity contribution in [3.63, 3.8) is 0 Å². The van der Waals surface area contributed by atoms with Crippen molar-refractivity contribution in [2.24, 2.45) is 0 Å². The molecule has 5 aromatic rings. The fourth-order valence-electron chi connectivity index (χ4n) is 4.67. The Kier molecular flexibility index (Phi) is 7.20. The van der Waals surface area contributed by atoms with Crippen molar-refractivity contribution < 1.29 is 23.7 Å². The second-order valence-electron chi connectivity index (χ2n) is 9.00. The van der Waals surface area contributed by atoms with E-state index in [1.54, 1.807) is 21.1 Å². The van der Waals surface area contributed by atoms with Gasteiger partial charge < -0.3 is 23.5 Å². The molecule has 0 aliphatic heterocycles. The number of benzene rings is 3. The molecule has 0 fully saturated rings. The van der Waals surface area contributed by atoms with Crippen LogP contribution in [0.1, 0.15) is 36.8 Å². The Morgan fingerprint density at radius 3 is 2.45 bits per heavy atom. The predicted octanol–water partition coefficient (Wildman–Crippen LogP) is 6.34. The van der Waals surface area contributed by atoms with Gasteiger partial charge in [-0.1, -0.05) is 24.3 Å². The first-order valence-electron chi connectivity index (χ1n) is 12.4. The van der Waals surface area contributed by atoms with Crippen LogP contribution < -0.4 is 14.2 Å². The average molecular weight is 532 g/mol. The number of ether oxygens (including phenoxy) is 4. The summed E-state index contributed by atoms with van der Waals surface area (Å²) in [6.07, 6.45) is -0.0671. The molecule has 0 atom stereocenters. The van der Waals surface area contributed by atoms with Gasteiger partial charge in [0.1, 0.15) is 22.5 Å². The third kappa shape index (κ3) is 4.65. The Morgan fingerprint density at radius 2 is 1.71 bits per heavy atom. The number of fused-ring (bicyclic) bond motifs is 2. The molecule has 0 saturated heterocycles. The summed E-state index contributed by atoms with van der Waals surface area (Å²) in [5.41, 5.74) is 5.29. The summed E-state index contributed by atoms with van der Waals surface area (Å²) in [6.45, 7) is 6.35. The van der Waals surface area contributed by atoms with Crippen LogP contribution in [0.2, 0.25) is 0 Å². The fraction of sp³-hybridized carbons (Fsp3) is 0.276. The van der Waals surface area contributed by atoms with Gasteiger partial charge in [0.05, 0.1) is 50.7 Å². The van der Waals surface area contributed by atoms with Crippen molar-refractivity contribution in [1.29, 1.82) is 0 Å². The molecule has 0 N–H and O–H groups in total. The monoisotopic (exact) mass is 531 g/mol. The lowest BCUT2D eigenvalue weighted by molar-refractivity contribution is 0.0516. The summed E-state index contributed by atoms with van der Waals surface area (Å²) in [4.78, 5) is 13.6. The minimum Gasteiger partial charge on any atom is -0.496 e. The molecule has 0 radical (unpaired) electrons. The summed E-state index contributed by atoms with van der Waals surface area (Å²) in [5.74, 6) is 1.48. The van der Waals surface area contributed by atoms with Crippen LogP contribution >= 0.6 is 11.7 Å². The van der Waals surface area contributed by atoms with Crippen molar-refractivity contribution >= 4 is 39.6 Å². The molecule has 0 saturated carbocycles. The fourth-order valence-corrected chi connectivity index (χ4v) is 5.19. The number of hydrogen-bond donors (Lipinski definition) is 0. The highest BCUT2D eigenvalue weighted by Gasteiger charge is 2.28. The zero-order valence-corrected chi connectivity index (χ0v) is 22.8. The smallest absolute Gasteiger partial charge is 0.355 e. The number of hydrogen-bond acceptors (Lipinski definition) is 8. The molecule has 5 rings (SSSR count). The van der Waals surface area contributed by atoms with Crippen LogP contribution in [0.25, 0.3) is 33.1 Å². The standard InChI is InChI=1S/C29H29N3O5S/c1-6-36-29(33)28-27(18-11-12-21-22(13-18)31-38-30-21)20-14-25(35-5)26(37-17(2)3)15-23(20)32(28)16-19-9-7-8-10-24(19)34-4/h7-15,17H,6,16H2,1-5H3. The molecule has 9 heteroatoms. The Bertz CT molecular complexity index is 1620. The van der Waals surface area contributed by atoms with E-state index in [0.717, 1.165) is 56.1 Å². The summed E-state index contributed by atoms with van der Waals surface area (Å²) >= 11 is 1.16. The number of nitrogens with zero attached hydrogens (tertiary/aromatic N) is 3. The van der Waals surface area contributed by atoms with Gasteiger partial charge in [-0.25, -0.2) is 4.79 Å². The lowest BCUT2D eigenvalue weighted by Crippen LogP contribution is -2.14. The van der Waals surface area contributed by atoms with E-state index in [1.165, 1.54) is 0 Å². The molecular formula is C29H29N3O5S. The van der Waals surface area contributed by atoms with E-state index in [9.17, 15) is 4.79 Å². The summed E-state index contributed by atoms with van der Waals surface area (Å²) in [5, 5.41) is 0.832. The van der Waals surface area contributed by atoms with Crippen LogP contribution in [0.5, 0.6) is 17.2 Å². The zero-order valence-electron chi connectivity index (χ0n) is 22.0. The second-order valence-corrected chi connectivity index (χ2v) is 9.53. The van der Waals surface area contributed by atoms with Gasteiger partial charge in [0.2, 0.25) is 0 Å². The van der Waals surface area contributed by atoms with Crippen LogP contribution in [0, 0.1) is 0 Å². The van der Waals surface area contributed by atoms with Gasteiger partial charge in [-0.15, -0.1) is 0 Å². The molecule has 0 bridgehead atoms. The van der Waals surface area contributed by atoms with E-state index in [0.29, 0.717) is 23.7 Å². The maximum Gasteiger partial charge on any atom is 0.355 e. The molecule has 38 heavy (non-hydrogen) atoms. The Labute approximate surface area is 225 Å². The molecule has 2 heterocycles. The minimum atomic E-state index is -0.421. The molecule has 8 nitrogen and oxygen atoms in total. The van der Waals surface area contributed by atoms with E-state index in [4.69, 9.17) is 18.9 Å². The van der Waals surface area contributed by atoms with Crippen molar-refractivity contribution in [2.75, 3.05) is 20.8 Å². The largest absolute Gasteiger partial charge is 0.496 e. The minimum absolute atomic E-state index is 0.0671. The van der Waals surface area contributed by atoms with E-state index < -0.39 is 5.97 Å². The predicted molar refractivity (Wildman–Crippen MR) is 149 cm³/mol. The number of rotatable bonds is 9. The maximum absolute atomic E-state index is 13.6. The topological polar surface area (TPSA) is 84.7 Å². The summed E-state index contributed by atoms with van der Waals surface area (Å²) in [6, 6.07) is 17.5. The van der Waals surface area contributed by atoms with Crippen LogP contribution in [-0.2, 0) is 11.3 Å². The molecule has 0 aliphatic rings. The highest BCUT2D eigenvalue weighted by Crippen LogP contribution is 2.43. The van der Waals surface area contributed by atoms with Gasteiger partial charge in [0, 0.05) is 22.6 Å². The van der Waals surface area contributed by atoms with Crippen molar-refractivity contribution in [3.8, 4) is 28.4 Å². The molecule has 3 aromatic carbocycles. The van der Waals surface area contributed by atoms with Crippen LogP contribution in [-0.4, -0.2) is 46.2 Å². The molecule has 2 aromatic heterocycles. The molecule has 0 amide bonds. The van der Waals surface area contributed by atoms with E-state index in [1.807, 2.05) is 73.0 Å². The first kappa shape index (κ1) is 25.5. The molecule has 0 spiro atoms. The second kappa shape index (κ2) is 10.7. The van der Waals surface area contributed by atoms with Crippen LogP contribution in [0.15, 0.2) is 54.6 Å². The van der Waals surface area contributed by atoms with Crippen LogP contribution in [0.3, 0.4) is 0 Å². The van der Waals surface area contributed by atoms with E-state index in [2.05, 4.69) is 8.75 Å². The maximum atomic E-state index is 13.6. The normalized spacial score (nSPS) is 11.3. The Morgan fingerprint density at radius 1 is 0.947 bits per heavy atom. The van der Waals surface area contributed by atoms with E-state index in [-0.39, 0.29) is 12.7 Å². The molecule has 0 unspecified atom stereocenters. The van der Waals surface area contributed by atoms with Crippen LogP contribution in [0.4, 0.5) is 0 Å². The number of carbonyl (C=O) groups is 1. The Balaban J connectivity index is 1.86. The van der Waals surface area contributed by atoms with Gasteiger partial charge >= 0.3 is 5.97 Å². The number of methoxy groups -OCH3 is 2. The summed E-state index contributed by atoms with van der Waals surface area (Å²) < 4.78 is 33.8. The first-order valence-corrected chi connectivity index (χ1v) is 13.1. The van der Waals surface area contributed by atoms with Gasteiger partial charge in [-0.05, 0) is 50.6 Å². The van der Waals surface area contributed by atoms with E-state index >= 15 is 0 Å². The molecule has 0 aliphatic carbocycles. The third-order valence-corrected chi connectivity index (χ3v) is 6.80. The quantitative estimate of drug-likeness (QED) is 0.205. The lowest BCUT2D eigenvalue weighted by Gasteiger charge is -2.16. The molecule has 196 valence electrons. The Hall–Kier alpha value is -4.11. The van der Waals surface area contributed by atoms with Crippen molar-refractivity contribution in [3.05, 3.63) is 65.9 Å². The first-order chi connectivity index (χ1) is 18.4. The summed E-state index contributed by atoms with van der Waals surface area (Å²) in [7, 11) is 3.25.